The maximum Gasteiger partial charge on any atom is 0.261 e. The summed E-state index contributed by atoms with van der Waals surface area (Å²) in [7, 11) is 0. The number of fused-ring (bicyclic) bond motifs is 1. The predicted molar refractivity (Wildman–Crippen MR) is 88.9 cm³/mol. The van der Waals surface area contributed by atoms with Crippen molar-refractivity contribution in [3.8, 4) is 5.75 Å². The lowest BCUT2D eigenvalue weighted by Gasteiger charge is -2.23. The van der Waals surface area contributed by atoms with Crippen LogP contribution in [0.25, 0.3) is 0 Å². The van der Waals surface area contributed by atoms with Crippen LogP contribution in [0.15, 0.2) is 28.8 Å². The highest BCUT2D eigenvalue weighted by Gasteiger charge is 2.32. The molecule has 2 aliphatic rings. The van der Waals surface area contributed by atoms with Gasteiger partial charge in [-0.1, -0.05) is 11.2 Å². The Balaban J connectivity index is 1.40. The summed E-state index contributed by atoms with van der Waals surface area (Å²) in [5.41, 5.74) is 3.61. The molecule has 0 saturated carbocycles. The van der Waals surface area contributed by atoms with Crippen molar-refractivity contribution in [2.75, 3.05) is 13.2 Å². The first-order valence-electron chi connectivity index (χ1n) is 8.68. The van der Waals surface area contributed by atoms with E-state index >= 15 is 0 Å². The van der Waals surface area contributed by atoms with Crippen molar-refractivity contribution in [2.45, 2.75) is 45.1 Å². The van der Waals surface area contributed by atoms with Gasteiger partial charge in [0.15, 0.2) is 6.61 Å². The number of likely N-dealkylation sites (tertiary alicyclic amines) is 1. The number of ether oxygens (including phenoxy) is 1. The van der Waals surface area contributed by atoms with E-state index in [9.17, 15) is 4.79 Å². The molecule has 24 heavy (non-hydrogen) atoms. The summed E-state index contributed by atoms with van der Waals surface area (Å²) in [6, 6.07) is 8.10. The average Bonchev–Trinajstić information content (AvgIpc) is 3.31. The van der Waals surface area contributed by atoms with Crippen LogP contribution in [0, 0.1) is 6.92 Å². The lowest BCUT2D eigenvalue weighted by Crippen LogP contribution is -2.34. The molecule has 1 atom stereocenters. The number of benzene rings is 1. The van der Waals surface area contributed by atoms with Gasteiger partial charge >= 0.3 is 0 Å². The van der Waals surface area contributed by atoms with Crippen molar-refractivity contribution >= 4 is 5.91 Å². The second-order valence-corrected chi connectivity index (χ2v) is 6.68. The van der Waals surface area contributed by atoms with Crippen LogP contribution in [0.3, 0.4) is 0 Å². The van der Waals surface area contributed by atoms with E-state index in [0.29, 0.717) is 0 Å². The molecule has 1 aromatic carbocycles. The highest BCUT2D eigenvalue weighted by Crippen LogP contribution is 2.32. The molecule has 4 rings (SSSR count). The Kier molecular flexibility index (Phi) is 4.00. The Morgan fingerprint density at radius 2 is 2.17 bits per heavy atom. The van der Waals surface area contributed by atoms with E-state index < -0.39 is 0 Å². The minimum Gasteiger partial charge on any atom is -0.484 e. The van der Waals surface area contributed by atoms with E-state index in [4.69, 9.17) is 9.26 Å². The Morgan fingerprint density at radius 3 is 3.00 bits per heavy atom. The zero-order chi connectivity index (χ0) is 16.5. The first kappa shape index (κ1) is 15.2. The molecule has 1 aliphatic carbocycles. The number of rotatable bonds is 4. The highest BCUT2D eigenvalue weighted by atomic mass is 16.5. The van der Waals surface area contributed by atoms with Gasteiger partial charge in [-0.05, 0) is 62.3 Å². The molecule has 2 heterocycles. The number of carbonyl (C=O) groups is 1. The summed E-state index contributed by atoms with van der Waals surface area (Å²) in [5, 5.41) is 4.08. The fourth-order valence-electron chi connectivity index (χ4n) is 3.78. The summed E-state index contributed by atoms with van der Waals surface area (Å²) in [6.45, 7) is 2.70. The lowest BCUT2D eigenvalue weighted by molar-refractivity contribution is -0.134. The van der Waals surface area contributed by atoms with Crippen molar-refractivity contribution in [1.82, 2.24) is 10.1 Å². The van der Waals surface area contributed by atoms with Gasteiger partial charge in [0.1, 0.15) is 17.2 Å². The van der Waals surface area contributed by atoms with E-state index in [1.807, 2.05) is 24.0 Å². The van der Waals surface area contributed by atoms with E-state index in [2.05, 4.69) is 17.3 Å². The summed E-state index contributed by atoms with van der Waals surface area (Å²) in [4.78, 5) is 14.5. The monoisotopic (exact) mass is 326 g/mol. The molecular weight excluding hydrogens is 304 g/mol. The van der Waals surface area contributed by atoms with Gasteiger partial charge in [-0.2, -0.15) is 0 Å². The number of nitrogens with zero attached hydrogens (tertiary/aromatic N) is 2. The van der Waals surface area contributed by atoms with E-state index in [1.165, 1.54) is 17.5 Å². The molecule has 126 valence electrons. The van der Waals surface area contributed by atoms with Crippen LogP contribution in [-0.2, 0) is 17.6 Å². The molecule has 0 N–H and O–H groups in total. The molecule has 0 unspecified atom stereocenters. The highest BCUT2D eigenvalue weighted by molar-refractivity contribution is 5.78. The number of hydrogen-bond acceptors (Lipinski definition) is 4. The molecule has 2 aromatic rings. The third-order valence-corrected chi connectivity index (χ3v) is 4.99. The molecule has 1 fully saturated rings. The average molecular weight is 326 g/mol. The van der Waals surface area contributed by atoms with Crippen molar-refractivity contribution < 1.29 is 14.1 Å². The zero-order valence-electron chi connectivity index (χ0n) is 14.0. The summed E-state index contributed by atoms with van der Waals surface area (Å²) in [5.74, 6) is 1.58. The van der Waals surface area contributed by atoms with Gasteiger partial charge < -0.3 is 14.2 Å². The Labute approximate surface area is 141 Å². The number of aromatic nitrogens is 1. The van der Waals surface area contributed by atoms with Gasteiger partial charge in [-0.25, -0.2) is 0 Å². The van der Waals surface area contributed by atoms with Crippen molar-refractivity contribution in [3.05, 3.63) is 46.8 Å². The quantitative estimate of drug-likeness (QED) is 0.866. The lowest BCUT2D eigenvalue weighted by atomic mass is 10.1. The summed E-state index contributed by atoms with van der Waals surface area (Å²) in [6.07, 6.45) is 5.39. The second kappa shape index (κ2) is 6.30. The molecule has 1 saturated heterocycles. The van der Waals surface area contributed by atoms with Gasteiger partial charge in [-0.15, -0.1) is 0 Å². The Hall–Kier alpha value is -2.30. The van der Waals surface area contributed by atoms with E-state index in [1.54, 1.807) is 0 Å². The fourth-order valence-corrected chi connectivity index (χ4v) is 3.78. The largest absolute Gasteiger partial charge is 0.484 e. The van der Waals surface area contributed by atoms with Crippen LogP contribution in [0.1, 0.15) is 47.9 Å². The minimum absolute atomic E-state index is 0.0126. The van der Waals surface area contributed by atoms with Crippen LogP contribution < -0.4 is 4.74 Å². The molecule has 1 aliphatic heterocycles. The van der Waals surface area contributed by atoms with Gasteiger partial charge in [0.05, 0.1) is 6.04 Å². The van der Waals surface area contributed by atoms with Crippen LogP contribution in [0.4, 0.5) is 0 Å². The Morgan fingerprint density at radius 1 is 1.29 bits per heavy atom. The van der Waals surface area contributed by atoms with E-state index in [0.717, 1.165) is 49.4 Å². The van der Waals surface area contributed by atoms with Crippen molar-refractivity contribution in [3.63, 3.8) is 0 Å². The maximum atomic E-state index is 12.6. The molecule has 5 nitrogen and oxygen atoms in total. The summed E-state index contributed by atoms with van der Waals surface area (Å²) < 4.78 is 10.9. The predicted octanol–water partition coefficient (Wildman–Crippen LogP) is 3.21. The van der Waals surface area contributed by atoms with E-state index in [-0.39, 0.29) is 18.6 Å². The smallest absolute Gasteiger partial charge is 0.261 e. The van der Waals surface area contributed by atoms with Crippen molar-refractivity contribution in [1.29, 1.82) is 0 Å². The first-order chi connectivity index (χ1) is 11.7. The van der Waals surface area contributed by atoms with Crippen molar-refractivity contribution in [2.24, 2.45) is 0 Å². The normalized spacial score (nSPS) is 19.5. The molecule has 0 radical (unpaired) electrons. The standard InChI is InChI=1S/C19H22N2O3/c1-13-10-17(20-24-13)18-6-3-9-21(18)19(22)12-23-16-8-7-14-4-2-5-15(14)11-16/h7-8,10-11,18H,2-6,9,12H2,1H3/t18-/m0/s1. The first-order valence-corrected chi connectivity index (χ1v) is 8.68. The Bertz CT molecular complexity index is 753. The molecule has 0 bridgehead atoms. The zero-order valence-corrected chi connectivity index (χ0v) is 14.0. The SMILES string of the molecule is Cc1cc([C@@H]2CCCN2C(=O)COc2ccc3c(c2)CCC3)no1. The molecule has 5 heteroatoms. The van der Waals surface area contributed by atoms with Gasteiger partial charge in [0.2, 0.25) is 0 Å². The van der Waals surface area contributed by atoms with Gasteiger partial charge in [0, 0.05) is 12.6 Å². The number of hydrogen-bond donors (Lipinski definition) is 0. The maximum absolute atomic E-state index is 12.6. The summed E-state index contributed by atoms with van der Waals surface area (Å²) >= 11 is 0. The molecule has 1 amide bonds. The van der Waals surface area contributed by atoms with Gasteiger partial charge in [-0.3, -0.25) is 4.79 Å². The topological polar surface area (TPSA) is 55.6 Å². The van der Waals surface area contributed by atoms with Crippen LogP contribution >= 0.6 is 0 Å². The third-order valence-electron chi connectivity index (χ3n) is 4.99. The number of aryl methyl sites for hydroxylation is 3. The second-order valence-electron chi connectivity index (χ2n) is 6.68. The number of carbonyl (C=O) groups excluding carboxylic acids is 1. The van der Waals surface area contributed by atoms with Gasteiger partial charge in [0.25, 0.3) is 5.91 Å². The third kappa shape index (κ3) is 2.90. The molecular formula is C19H22N2O3. The van der Waals surface area contributed by atoms with Crippen LogP contribution in [-0.4, -0.2) is 29.1 Å². The fraction of sp³-hybridized carbons (Fsp3) is 0.474. The molecule has 0 spiro atoms. The van der Waals surface area contributed by atoms with Crippen LogP contribution in [0.2, 0.25) is 0 Å². The molecule has 1 aromatic heterocycles. The minimum atomic E-state index is 0.0126. The number of amides is 1. The van der Waals surface area contributed by atoms with Crippen LogP contribution in [0.5, 0.6) is 5.75 Å².